The second-order valence-corrected chi connectivity index (χ2v) is 22.7. The Bertz CT molecular complexity index is 2220. The summed E-state index contributed by atoms with van der Waals surface area (Å²) in [6.07, 6.45) is 4.55. The number of aliphatic hydroxyl groups excluding tert-OH is 1. The zero-order chi connectivity index (χ0) is 49.9. The number of carboxylic acid groups (broad SMARTS) is 1. The summed E-state index contributed by atoms with van der Waals surface area (Å²) < 4.78 is 17.5. The highest BCUT2D eigenvalue weighted by Gasteiger charge is 2.60. The third kappa shape index (κ3) is 11.6. The molecule has 0 spiro atoms. The van der Waals surface area contributed by atoms with Crippen molar-refractivity contribution in [3.8, 4) is 11.5 Å². The average molecular weight is 961 g/mol. The van der Waals surface area contributed by atoms with Crippen molar-refractivity contribution in [3.63, 3.8) is 0 Å². The van der Waals surface area contributed by atoms with Crippen LogP contribution < -0.4 is 20.1 Å². The number of piperidine rings is 1. The van der Waals surface area contributed by atoms with E-state index in [9.17, 15) is 34.2 Å². The normalized spacial score (nSPS) is 24.0. The Balaban J connectivity index is 1.11. The van der Waals surface area contributed by atoms with Crippen LogP contribution in [0.4, 0.5) is 0 Å². The van der Waals surface area contributed by atoms with E-state index in [0.29, 0.717) is 50.1 Å². The average Bonchev–Trinajstić information content (AvgIpc) is 3.87. The van der Waals surface area contributed by atoms with Crippen molar-refractivity contribution in [2.45, 2.75) is 167 Å². The molecular weight excluding hydrogens is 885 g/mol. The number of amides is 2. The van der Waals surface area contributed by atoms with E-state index in [1.54, 1.807) is 46.8 Å². The lowest BCUT2D eigenvalue weighted by Crippen LogP contribution is -2.63. The molecule has 0 aliphatic carbocycles. The Hall–Kier alpha value is -4.44. The molecule has 0 aromatic heterocycles. The largest absolute Gasteiger partial charge is 0.493 e. The van der Waals surface area contributed by atoms with Crippen LogP contribution in [0.1, 0.15) is 136 Å². The molecule has 4 heterocycles. The molecule has 2 aromatic carbocycles. The van der Waals surface area contributed by atoms with Gasteiger partial charge in [-0.2, -0.15) is 0 Å². The number of nitrogens with zero attached hydrogens (tertiary/aromatic N) is 2. The van der Waals surface area contributed by atoms with Crippen LogP contribution in [0.2, 0.25) is 0 Å². The number of β-lactam (4-membered cyclic amide) rings is 1. The van der Waals surface area contributed by atoms with Gasteiger partial charge in [-0.1, -0.05) is 71.9 Å². The molecule has 0 unspecified atom stereocenters. The first-order valence-electron chi connectivity index (χ1n) is 24.5. The Morgan fingerprint density at radius 3 is 2.37 bits per heavy atom. The number of thioether (sulfide) groups is 1. The first-order chi connectivity index (χ1) is 32.0. The Kier molecular flexibility index (Phi) is 16.9. The van der Waals surface area contributed by atoms with Gasteiger partial charge in [0.2, 0.25) is 11.7 Å². The number of ether oxygens (including phenoxy) is 3. The van der Waals surface area contributed by atoms with E-state index >= 15 is 0 Å². The number of carbonyl (C=O) groups is 5. The quantitative estimate of drug-likeness (QED) is 0.0523. The van der Waals surface area contributed by atoms with E-state index in [1.807, 2.05) is 44.2 Å². The number of ketones is 1. The number of benzene rings is 2. The minimum absolute atomic E-state index is 0.0704. The Morgan fingerprint density at radius 1 is 0.985 bits per heavy atom. The van der Waals surface area contributed by atoms with Crippen molar-refractivity contribution in [2.75, 3.05) is 33.9 Å². The van der Waals surface area contributed by atoms with Gasteiger partial charge in [-0.05, 0) is 113 Å². The maximum Gasteiger partial charge on any atom is 0.353 e. The number of nitrogens with one attached hydrogen (secondary N) is 2. The Morgan fingerprint density at radius 2 is 1.71 bits per heavy atom. The third-order valence-corrected chi connectivity index (χ3v) is 16.7. The van der Waals surface area contributed by atoms with Crippen molar-refractivity contribution in [2.24, 2.45) is 17.3 Å². The van der Waals surface area contributed by atoms with Crippen molar-refractivity contribution < 1.29 is 48.4 Å². The van der Waals surface area contributed by atoms with Crippen molar-refractivity contribution >= 4 is 41.3 Å². The van der Waals surface area contributed by atoms with Crippen LogP contribution in [0.25, 0.3) is 0 Å². The fourth-order valence-corrected chi connectivity index (χ4v) is 11.7. The molecule has 3 fully saturated rings. The van der Waals surface area contributed by atoms with Gasteiger partial charge >= 0.3 is 11.9 Å². The number of hydrogen-bond acceptors (Lipinski definition) is 12. The minimum atomic E-state index is -1.10. The van der Waals surface area contributed by atoms with Gasteiger partial charge in [0.05, 0.1) is 32.3 Å². The molecule has 0 saturated carbocycles. The maximum atomic E-state index is 14.3. The fourth-order valence-electron chi connectivity index (χ4n) is 10.1. The molecule has 2 aromatic rings. The summed E-state index contributed by atoms with van der Waals surface area (Å²) in [4.78, 5) is 70.1. The summed E-state index contributed by atoms with van der Waals surface area (Å²) >= 11 is 1.56. The van der Waals surface area contributed by atoms with Crippen LogP contribution in [0.3, 0.4) is 0 Å². The fraction of sp³-hybridized carbons (Fsp3) is 0.642. The van der Waals surface area contributed by atoms with Gasteiger partial charge < -0.3 is 44.9 Å². The molecule has 15 heteroatoms. The van der Waals surface area contributed by atoms with Gasteiger partial charge in [-0.3, -0.25) is 14.4 Å². The summed E-state index contributed by atoms with van der Waals surface area (Å²) in [5, 5.41) is 27.9. The van der Waals surface area contributed by atoms with E-state index < -0.39 is 53.2 Å². The molecule has 8 atom stereocenters. The van der Waals surface area contributed by atoms with Gasteiger partial charge in [0.1, 0.15) is 17.8 Å². The van der Waals surface area contributed by atoms with E-state index in [2.05, 4.69) is 50.5 Å². The van der Waals surface area contributed by atoms with Crippen LogP contribution in [-0.4, -0.2) is 118 Å². The van der Waals surface area contributed by atoms with Crippen molar-refractivity contribution in [3.05, 3.63) is 69.8 Å². The molecule has 3 saturated heterocycles. The number of carboxylic acids is 1. The number of hydrogen-bond donors (Lipinski definition) is 4. The molecule has 4 aliphatic rings. The van der Waals surface area contributed by atoms with Crippen molar-refractivity contribution in [1.82, 2.24) is 20.4 Å². The molecule has 68 heavy (non-hydrogen) atoms. The number of rotatable bonds is 22. The molecule has 14 nitrogen and oxygen atoms in total. The molecular formula is C53H76N4O10S. The summed E-state index contributed by atoms with van der Waals surface area (Å²) in [5.74, 6) is -2.53. The SMILES string of the molecule is CCC(C)(C)C(=O)C(=O)N1CCCC[C@H]1C(=O)O[C@H](CCc1ccc(OC)c(OC)c1)c1cccc(C(C)(C)CCC(C)(C)NC[C@@H]2C[C@H](SC3=C(C(=O)O)N4C(=O)[C@H]([C@@H](C)O)[C@H]4[C@H]3C)CN2)c1. The first-order valence-corrected chi connectivity index (χ1v) is 25.4. The lowest BCUT2D eigenvalue weighted by molar-refractivity contribution is -0.164. The Labute approximate surface area is 407 Å². The molecule has 2 amide bonds. The summed E-state index contributed by atoms with van der Waals surface area (Å²) in [7, 11) is 3.19. The van der Waals surface area contributed by atoms with Crippen LogP contribution in [-0.2, 0) is 40.5 Å². The first kappa shape index (κ1) is 52.9. The second-order valence-electron chi connectivity index (χ2n) is 21.4. The molecule has 4 aliphatic heterocycles. The summed E-state index contributed by atoms with van der Waals surface area (Å²) in [6.45, 7) is 19.7. The minimum Gasteiger partial charge on any atom is -0.493 e. The predicted molar refractivity (Wildman–Crippen MR) is 263 cm³/mol. The molecule has 6 rings (SSSR count). The number of fused-ring (bicyclic) bond motifs is 1. The lowest BCUT2D eigenvalue weighted by Gasteiger charge is -2.46. The van der Waals surface area contributed by atoms with Crippen LogP contribution >= 0.6 is 11.8 Å². The third-order valence-electron chi connectivity index (χ3n) is 15.2. The van der Waals surface area contributed by atoms with Crippen molar-refractivity contribution in [1.29, 1.82) is 0 Å². The zero-order valence-electron chi connectivity index (χ0n) is 42.1. The number of aliphatic carboxylic acids is 1. The smallest absolute Gasteiger partial charge is 0.353 e. The van der Waals surface area contributed by atoms with Crippen LogP contribution in [0.15, 0.2) is 53.1 Å². The van der Waals surface area contributed by atoms with Crippen LogP contribution in [0, 0.1) is 17.3 Å². The van der Waals surface area contributed by atoms with E-state index in [-0.39, 0.29) is 45.8 Å². The molecule has 0 bridgehead atoms. The summed E-state index contributed by atoms with van der Waals surface area (Å²) in [5.41, 5.74) is 1.73. The number of methoxy groups -OCH3 is 2. The van der Waals surface area contributed by atoms with Crippen LogP contribution in [0.5, 0.6) is 11.5 Å². The number of aliphatic hydroxyl groups is 1. The van der Waals surface area contributed by atoms with Gasteiger partial charge in [-0.15, -0.1) is 11.8 Å². The zero-order valence-corrected chi connectivity index (χ0v) is 42.9. The number of esters is 1. The van der Waals surface area contributed by atoms with Gasteiger partial charge in [0, 0.05) is 52.7 Å². The molecule has 4 N–H and O–H groups in total. The van der Waals surface area contributed by atoms with Gasteiger partial charge in [-0.25, -0.2) is 9.59 Å². The second kappa shape index (κ2) is 21.7. The predicted octanol–water partition coefficient (Wildman–Crippen LogP) is 7.35. The number of likely N-dealkylation sites (tertiary alicyclic amines) is 1. The highest BCUT2D eigenvalue weighted by atomic mass is 32.2. The highest BCUT2D eigenvalue weighted by molar-refractivity contribution is 8.03. The lowest BCUT2D eigenvalue weighted by atomic mass is 9.77. The monoisotopic (exact) mass is 961 g/mol. The number of carbonyl (C=O) groups excluding carboxylic acids is 4. The van der Waals surface area contributed by atoms with E-state index in [4.69, 9.17) is 14.2 Å². The van der Waals surface area contributed by atoms with E-state index in [0.717, 1.165) is 60.4 Å². The molecule has 0 radical (unpaired) electrons. The topological polar surface area (TPSA) is 184 Å². The number of Topliss-reactive ketones (excluding diaryl/α,β-unsaturated/α-hetero) is 1. The maximum absolute atomic E-state index is 14.3. The standard InChI is InChI=1S/C53H76N4O10S/c1-12-51(4,5)46(59)48(61)56-25-14-13-18-38(56)50(64)67-39(21-19-33-20-22-40(65-10)41(26-33)66-11)34-16-15-17-35(27-34)52(6,7)23-24-53(8,9)55-29-36-28-37(30-54-36)68-45-31(2)43-42(32(3)58)47(60)57(43)44(45)49(62)63/h15-17,20,22,26-27,31-32,36-39,42-43,54-55,58H,12-14,18-19,21,23-25,28-30H2,1-11H3,(H,62,63)/t31-,32-,36+,37+,38+,39-,42-,43-/m1/s1. The number of aryl methyl sites for hydroxylation is 1. The molecule has 374 valence electrons. The van der Waals surface area contributed by atoms with E-state index in [1.165, 1.54) is 9.80 Å². The highest BCUT2D eigenvalue weighted by Crippen LogP contribution is 2.52. The summed E-state index contributed by atoms with van der Waals surface area (Å²) in [6, 6.07) is 13.1. The van der Waals surface area contributed by atoms with Gasteiger partial charge in [0.15, 0.2) is 11.5 Å². The van der Waals surface area contributed by atoms with Gasteiger partial charge in [0.25, 0.3) is 5.91 Å².